The number of ketones is 1. The fourth-order valence-corrected chi connectivity index (χ4v) is 2.51. The van der Waals surface area contributed by atoms with Crippen molar-refractivity contribution in [2.45, 2.75) is 31.7 Å². The zero-order valence-corrected chi connectivity index (χ0v) is 10.5. The monoisotopic (exact) mass is 251 g/mol. The van der Waals surface area contributed by atoms with Crippen LogP contribution in [0.3, 0.4) is 0 Å². The van der Waals surface area contributed by atoms with Crippen molar-refractivity contribution in [3.8, 4) is 5.75 Å². The minimum Gasteiger partial charge on any atom is -0.497 e. The smallest absolute Gasteiger partial charge is 0.170 e. The van der Waals surface area contributed by atoms with Gasteiger partial charge in [-0.2, -0.15) is 0 Å². The van der Waals surface area contributed by atoms with Gasteiger partial charge in [0.2, 0.25) is 0 Å². The third kappa shape index (κ3) is 2.53. The van der Waals surface area contributed by atoms with Crippen molar-refractivity contribution >= 4 is 5.78 Å². The lowest BCUT2D eigenvalue weighted by molar-refractivity contribution is 0.0867. The molecule has 18 heavy (non-hydrogen) atoms. The van der Waals surface area contributed by atoms with Crippen LogP contribution >= 0.6 is 0 Å². The first kappa shape index (κ1) is 13.0. The molecule has 2 N–H and O–H groups in total. The predicted molar refractivity (Wildman–Crippen MR) is 67.2 cm³/mol. The van der Waals surface area contributed by atoms with Crippen LogP contribution in [0.2, 0.25) is 0 Å². The van der Waals surface area contributed by atoms with Crippen molar-refractivity contribution in [2.75, 3.05) is 7.11 Å². The van der Waals surface area contributed by atoms with Crippen LogP contribution < -0.4 is 10.5 Å². The van der Waals surface area contributed by atoms with Gasteiger partial charge in [-0.05, 0) is 25.0 Å². The molecule has 0 bridgehead atoms. The van der Waals surface area contributed by atoms with E-state index in [2.05, 4.69) is 0 Å². The standard InChI is InChI=1S/C14H18FNO2/c1-18-9-6-7-10(12(15)8-9)14(17)11-4-2-3-5-13(11)16/h6-8,11,13H,2-5,16H2,1H3. The van der Waals surface area contributed by atoms with Gasteiger partial charge >= 0.3 is 0 Å². The third-order valence-electron chi connectivity index (χ3n) is 3.60. The number of halogens is 1. The number of hydrogen-bond donors (Lipinski definition) is 1. The minimum atomic E-state index is -0.530. The Bertz CT molecular complexity index is 447. The van der Waals surface area contributed by atoms with Crippen LogP contribution in [0, 0.1) is 11.7 Å². The lowest BCUT2D eigenvalue weighted by Crippen LogP contribution is -2.38. The van der Waals surface area contributed by atoms with Crippen molar-refractivity contribution in [2.24, 2.45) is 11.7 Å². The fraction of sp³-hybridized carbons (Fsp3) is 0.500. The predicted octanol–water partition coefficient (Wildman–Crippen LogP) is 2.53. The summed E-state index contributed by atoms with van der Waals surface area (Å²) in [6.07, 6.45) is 3.64. The highest BCUT2D eigenvalue weighted by molar-refractivity contribution is 5.98. The Morgan fingerprint density at radius 3 is 2.72 bits per heavy atom. The van der Waals surface area contributed by atoms with Crippen molar-refractivity contribution in [1.82, 2.24) is 0 Å². The fourth-order valence-electron chi connectivity index (χ4n) is 2.51. The Labute approximate surface area is 106 Å². The molecule has 0 heterocycles. The summed E-state index contributed by atoms with van der Waals surface area (Å²) in [6, 6.07) is 4.18. The van der Waals surface area contributed by atoms with Crippen LogP contribution in [0.5, 0.6) is 5.75 Å². The molecule has 98 valence electrons. The first-order valence-electron chi connectivity index (χ1n) is 6.27. The van der Waals surface area contributed by atoms with E-state index >= 15 is 0 Å². The van der Waals surface area contributed by atoms with Crippen LogP contribution in [0.15, 0.2) is 18.2 Å². The molecule has 2 rings (SSSR count). The van der Waals surface area contributed by atoms with Gasteiger partial charge < -0.3 is 10.5 Å². The first-order chi connectivity index (χ1) is 8.63. The third-order valence-corrected chi connectivity index (χ3v) is 3.60. The number of carbonyl (C=O) groups excluding carboxylic acids is 1. The first-order valence-corrected chi connectivity index (χ1v) is 6.27. The van der Waals surface area contributed by atoms with Crippen molar-refractivity contribution in [3.63, 3.8) is 0 Å². The molecule has 0 aromatic heterocycles. The Balaban J connectivity index is 2.22. The second-order valence-corrected chi connectivity index (χ2v) is 4.76. The normalized spacial score (nSPS) is 23.7. The molecule has 1 aliphatic carbocycles. The van der Waals surface area contributed by atoms with Crippen LogP contribution in [0.4, 0.5) is 4.39 Å². The molecule has 1 aromatic carbocycles. The van der Waals surface area contributed by atoms with Crippen LogP contribution in [0.1, 0.15) is 36.0 Å². The summed E-state index contributed by atoms with van der Waals surface area (Å²) in [5.74, 6) is -0.543. The molecule has 0 amide bonds. The zero-order valence-electron chi connectivity index (χ0n) is 10.5. The van der Waals surface area contributed by atoms with Gasteiger partial charge in [0.05, 0.1) is 12.7 Å². The molecule has 1 saturated carbocycles. The molecule has 2 unspecified atom stereocenters. The Morgan fingerprint density at radius 2 is 2.11 bits per heavy atom. The van der Waals surface area contributed by atoms with Crippen LogP contribution in [-0.2, 0) is 0 Å². The minimum absolute atomic E-state index is 0.123. The summed E-state index contributed by atoms with van der Waals surface area (Å²) in [4.78, 5) is 12.3. The quantitative estimate of drug-likeness (QED) is 0.840. The molecule has 1 fully saturated rings. The second kappa shape index (κ2) is 5.48. The number of methoxy groups -OCH3 is 1. The molecule has 0 radical (unpaired) electrons. The number of hydrogen-bond acceptors (Lipinski definition) is 3. The van der Waals surface area contributed by atoms with Crippen LogP contribution in [0.25, 0.3) is 0 Å². The zero-order chi connectivity index (χ0) is 13.1. The molecule has 0 saturated heterocycles. The Hall–Kier alpha value is -1.42. The molecule has 0 spiro atoms. The SMILES string of the molecule is COc1ccc(C(=O)C2CCCCC2N)c(F)c1. The highest BCUT2D eigenvalue weighted by Crippen LogP contribution is 2.28. The average molecular weight is 251 g/mol. The van der Waals surface area contributed by atoms with E-state index in [0.717, 1.165) is 25.7 Å². The number of rotatable bonds is 3. The van der Waals surface area contributed by atoms with Crippen molar-refractivity contribution < 1.29 is 13.9 Å². The summed E-state index contributed by atoms with van der Waals surface area (Å²) in [5, 5.41) is 0. The summed E-state index contributed by atoms with van der Waals surface area (Å²) < 4.78 is 18.7. The lowest BCUT2D eigenvalue weighted by atomic mass is 9.80. The molecule has 0 aliphatic heterocycles. The van der Waals surface area contributed by atoms with Gasteiger partial charge in [-0.3, -0.25) is 4.79 Å². The summed E-state index contributed by atoms with van der Waals surface area (Å²) in [7, 11) is 1.47. The van der Waals surface area contributed by atoms with Gasteiger partial charge in [-0.1, -0.05) is 12.8 Å². The lowest BCUT2D eigenvalue weighted by Gasteiger charge is -2.27. The Kier molecular flexibility index (Phi) is 3.97. The van der Waals surface area contributed by atoms with E-state index in [1.165, 1.54) is 19.2 Å². The number of carbonyl (C=O) groups is 1. The van der Waals surface area contributed by atoms with Gasteiger partial charge in [-0.25, -0.2) is 4.39 Å². The van der Waals surface area contributed by atoms with E-state index in [1.54, 1.807) is 6.07 Å². The number of benzene rings is 1. The van der Waals surface area contributed by atoms with Gasteiger partial charge in [0.1, 0.15) is 11.6 Å². The van der Waals surface area contributed by atoms with E-state index in [9.17, 15) is 9.18 Å². The maximum atomic E-state index is 13.8. The average Bonchev–Trinajstić information content (AvgIpc) is 2.38. The molecule has 4 heteroatoms. The Morgan fingerprint density at radius 1 is 1.39 bits per heavy atom. The highest BCUT2D eigenvalue weighted by atomic mass is 19.1. The van der Waals surface area contributed by atoms with Crippen molar-refractivity contribution in [3.05, 3.63) is 29.6 Å². The topological polar surface area (TPSA) is 52.3 Å². The van der Waals surface area contributed by atoms with Gasteiger partial charge in [0, 0.05) is 18.0 Å². The summed E-state index contributed by atoms with van der Waals surface area (Å²) in [6.45, 7) is 0. The highest BCUT2D eigenvalue weighted by Gasteiger charge is 2.30. The maximum Gasteiger partial charge on any atom is 0.170 e. The molecule has 1 aliphatic rings. The van der Waals surface area contributed by atoms with E-state index in [0.29, 0.717) is 5.75 Å². The van der Waals surface area contributed by atoms with Gasteiger partial charge in [-0.15, -0.1) is 0 Å². The van der Waals surface area contributed by atoms with Gasteiger partial charge in [0.15, 0.2) is 5.78 Å². The molecular formula is C14H18FNO2. The van der Waals surface area contributed by atoms with E-state index < -0.39 is 5.82 Å². The van der Waals surface area contributed by atoms with E-state index in [1.807, 2.05) is 0 Å². The largest absolute Gasteiger partial charge is 0.497 e. The molecule has 2 atom stereocenters. The molecule has 3 nitrogen and oxygen atoms in total. The maximum absolute atomic E-state index is 13.8. The van der Waals surface area contributed by atoms with Crippen LogP contribution in [-0.4, -0.2) is 18.9 Å². The van der Waals surface area contributed by atoms with E-state index in [4.69, 9.17) is 10.5 Å². The molecular weight excluding hydrogens is 233 g/mol. The van der Waals surface area contributed by atoms with Crippen molar-refractivity contribution in [1.29, 1.82) is 0 Å². The molecule has 1 aromatic rings. The number of ether oxygens (including phenoxy) is 1. The number of Topliss-reactive ketones (excluding diaryl/α,β-unsaturated/α-hetero) is 1. The van der Waals surface area contributed by atoms with E-state index in [-0.39, 0.29) is 23.3 Å². The second-order valence-electron chi connectivity index (χ2n) is 4.76. The summed E-state index contributed by atoms with van der Waals surface area (Å²) in [5.41, 5.74) is 6.08. The number of nitrogens with two attached hydrogens (primary N) is 1. The summed E-state index contributed by atoms with van der Waals surface area (Å²) >= 11 is 0. The van der Waals surface area contributed by atoms with Gasteiger partial charge in [0.25, 0.3) is 0 Å².